The van der Waals surface area contributed by atoms with Gasteiger partial charge < -0.3 is 10.8 Å². The number of nitrogens with two attached hydrogens (primary N) is 1. The predicted molar refractivity (Wildman–Crippen MR) is 59.2 cm³/mol. The second-order valence-electron chi connectivity index (χ2n) is 4.75. The number of aliphatic hydroxyl groups is 1. The van der Waals surface area contributed by atoms with E-state index in [1.807, 2.05) is 0 Å². The van der Waals surface area contributed by atoms with Crippen molar-refractivity contribution >= 4 is 0 Å². The lowest BCUT2D eigenvalue weighted by atomic mass is 9.80. The Kier molecular flexibility index (Phi) is 3.93. The van der Waals surface area contributed by atoms with Gasteiger partial charge in [-0.3, -0.25) is 4.90 Å². The molecule has 1 saturated heterocycles. The highest BCUT2D eigenvalue weighted by Crippen LogP contribution is 2.28. The number of rotatable bonds is 3. The van der Waals surface area contributed by atoms with Gasteiger partial charge in [-0.15, -0.1) is 0 Å². The highest BCUT2D eigenvalue weighted by atomic mass is 16.3. The van der Waals surface area contributed by atoms with Gasteiger partial charge in [0.25, 0.3) is 0 Å². The molecule has 0 spiro atoms. The zero-order valence-corrected chi connectivity index (χ0v) is 9.66. The molecule has 3 N–H and O–H groups in total. The molecule has 0 aromatic heterocycles. The fourth-order valence-electron chi connectivity index (χ4n) is 2.69. The lowest BCUT2D eigenvalue weighted by Gasteiger charge is -2.48. The minimum Gasteiger partial charge on any atom is -0.394 e. The third-order valence-corrected chi connectivity index (χ3v) is 3.47. The summed E-state index contributed by atoms with van der Waals surface area (Å²) < 4.78 is 0. The zero-order valence-electron chi connectivity index (χ0n) is 9.66. The van der Waals surface area contributed by atoms with Crippen molar-refractivity contribution < 1.29 is 5.11 Å². The molecule has 0 aliphatic carbocycles. The van der Waals surface area contributed by atoms with E-state index < -0.39 is 0 Å². The van der Waals surface area contributed by atoms with E-state index in [1.54, 1.807) is 0 Å². The van der Waals surface area contributed by atoms with Crippen molar-refractivity contribution in [2.45, 2.75) is 57.7 Å². The highest BCUT2D eigenvalue weighted by molar-refractivity contribution is 5.00. The minimum absolute atomic E-state index is 0.106. The van der Waals surface area contributed by atoms with E-state index >= 15 is 0 Å². The Bertz CT molecular complexity index is 184. The van der Waals surface area contributed by atoms with E-state index in [0.717, 1.165) is 25.8 Å². The maximum Gasteiger partial charge on any atom is 0.0626 e. The van der Waals surface area contributed by atoms with E-state index in [-0.39, 0.29) is 12.1 Å². The van der Waals surface area contributed by atoms with Crippen LogP contribution in [0, 0.1) is 0 Å². The number of likely N-dealkylation sites (tertiary alicyclic amines) is 1. The molecular weight excluding hydrogens is 176 g/mol. The molecule has 2 unspecified atom stereocenters. The molecule has 0 amide bonds. The zero-order chi connectivity index (χ0) is 10.8. The van der Waals surface area contributed by atoms with Crippen LogP contribution in [0.5, 0.6) is 0 Å². The number of aliphatic hydroxyl groups excluding tert-OH is 1. The Labute approximate surface area is 87.3 Å². The van der Waals surface area contributed by atoms with Crippen LogP contribution in [0.1, 0.15) is 40.0 Å². The van der Waals surface area contributed by atoms with Crippen LogP contribution in [0.3, 0.4) is 0 Å². The Hall–Kier alpha value is -0.120. The molecule has 0 radical (unpaired) electrons. The van der Waals surface area contributed by atoms with Gasteiger partial charge in [-0.25, -0.2) is 0 Å². The standard InChI is InChI=1S/C11H24N2O/c1-4-10-11(12,8-14)6-5-7-13(10)9(2)3/h9-10,14H,4-8,12H2,1-3H3. The third-order valence-electron chi connectivity index (χ3n) is 3.47. The SMILES string of the molecule is CCC1N(C(C)C)CCCC1(N)CO. The van der Waals surface area contributed by atoms with Crippen LogP contribution < -0.4 is 5.73 Å². The number of hydrogen-bond donors (Lipinski definition) is 2. The van der Waals surface area contributed by atoms with Gasteiger partial charge in [0.15, 0.2) is 0 Å². The summed E-state index contributed by atoms with van der Waals surface area (Å²) in [6.45, 7) is 7.78. The lowest BCUT2D eigenvalue weighted by molar-refractivity contribution is 0.0123. The van der Waals surface area contributed by atoms with Gasteiger partial charge in [0.2, 0.25) is 0 Å². The highest BCUT2D eigenvalue weighted by Gasteiger charge is 2.40. The van der Waals surface area contributed by atoms with Gasteiger partial charge in [0, 0.05) is 12.1 Å². The van der Waals surface area contributed by atoms with Crippen molar-refractivity contribution in [2.24, 2.45) is 5.73 Å². The van der Waals surface area contributed by atoms with Crippen molar-refractivity contribution in [1.82, 2.24) is 4.90 Å². The Morgan fingerprint density at radius 3 is 2.64 bits per heavy atom. The normalized spacial score (nSPS) is 35.1. The van der Waals surface area contributed by atoms with Crippen LogP contribution in [0.4, 0.5) is 0 Å². The fraction of sp³-hybridized carbons (Fsp3) is 1.00. The average Bonchev–Trinajstić information content (AvgIpc) is 2.17. The van der Waals surface area contributed by atoms with Crippen molar-refractivity contribution in [3.05, 3.63) is 0 Å². The van der Waals surface area contributed by atoms with Gasteiger partial charge in [0.1, 0.15) is 0 Å². The van der Waals surface area contributed by atoms with Crippen LogP contribution in [0.25, 0.3) is 0 Å². The summed E-state index contributed by atoms with van der Waals surface area (Å²) in [5.74, 6) is 0. The van der Waals surface area contributed by atoms with Crippen molar-refractivity contribution in [3.63, 3.8) is 0 Å². The van der Waals surface area contributed by atoms with E-state index in [2.05, 4.69) is 25.7 Å². The van der Waals surface area contributed by atoms with Crippen molar-refractivity contribution in [2.75, 3.05) is 13.2 Å². The van der Waals surface area contributed by atoms with E-state index in [4.69, 9.17) is 5.73 Å². The average molecular weight is 200 g/mol. The number of hydrogen-bond acceptors (Lipinski definition) is 3. The van der Waals surface area contributed by atoms with E-state index in [9.17, 15) is 5.11 Å². The number of nitrogens with zero attached hydrogens (tertiary/aromatic N) is 1. The molecule has 0 saturated carbocycles. The monoisotopic (exact) mass is 200 g/mol. The van der Waals surface area contributed by atoms with E-state index in [1.165, 1.54) is 0 Å². The Morgan fingerprint density at radius 1 is 1.57 bits per heavy atom. The van der Waals surface area contributed by atoms with Gasteiger partial charge in [0.05, 0.1) is 12.1 Å². The molecule has 2 atom stereocenters. The topological polar surface area (TPSA) is 49.5 Å². The number of piperidine rings is 1. The van der Waals surface area contributed by atoms with Crippen LogP contribution in [-0.4, -0.2) is 40.8 Å². The smallest absolute Gasteiger partial charge is 0.0626 e. The molecule has 3 nitrogen and oxygen atoms in total. The van der Waals surface area contributed by atoms with Crippen LogP contribution >= 0.6 is 0 Å². The molecule has 0 aromatic rings. The molecule has 1 fully saturated rings. The molecule has 0 bridgehead atoms. The molecule has 1 heterocycles. The van der Waals surface area contributed by atoms with Gasteiger partial charge in [-0.05, 0) is 39.7 Å². The fourth-order valence-corrected chi connectivity index (χ4v) is 2.69. The van der Waals surface area contributed by atoms with Crippen LogP contribution in [0.2, 0.25) is 0 Å². The molecule has 1 aliphatic heterocycles. The Balaban J connectivity index is 2.79. The predicted octanol–water partition coefficient (Wildman–Crippen LogP) is 0.959. The quantitative estimate of drug-likeness (QED) is 0.713. The summed E-state index contributed by atoms with van der Waals surface area (Å²) in [6.07, 6.45) is 3.08. The molecule has 0 aromatic carbocycles. The summed E-state index contributed by atoms with van der Waals surface area (Å²) in [4.78, 5) is 2.43. The van der Waals surface area contributed by atoms with Crippen molar-refractivity contribution in [3.8, 4) is 0 Å². The summed E-state index contributed by atoms with van der Waals surface area (Å²) in [5, 5.41) is 9.40. The molecule has 3 heteroatoms. The second-order valence-corrected chi connectivity index (χ2v) is 4.75. The largest absolute Gasteiger partial charge is 0.394 e. The summed E-state index contributed by atoms with van der Waals surface area (Å²) >= 11 is 0. The first-order chi connectivity index (χ1) is 6.55. The third kappa shape index (κ3) is 2.10. The summed E-state index contributed by atoms with van der Waals surface area (Å²) in [6, 6.07) is 0.857. The maximum atomic E-state index is 9.40. The molecular formula is C11H24N2O. The molecule has 1 aliphatic rings. The lowest BCUT2D eigenvalue weighted by Crippen LogP contribution is -2.65. The van der Waals surface area contributed by atoms with Crippen LogP contribution in [-0.2, 0) is 0 Å². The van der Waals surface area contributed by atoms with Crippen LogP contribution in [0.15, 0.2) is 0 Å². The molecule has 84 valence electrons. The summed E-state index contributed by atoms with van der Waals surface area (Å²) in [5.41, 5.74) is 5.87. The van der Waals surface area contributed by atoms with Gasteiger partial charge in [-0.1, -0.05) is 6.92 Å². The first-order valence-corrected chi connectivity index (χ1v) is 5.70. The van der Waals surface area contributed by atoms with Gasteiger partial charge >= 0.3 is 0 Å². The first kappa shape index (κ1) is 12.0. The maximum absolute atomic E-state index is 9.40. The molecule has 14 heavy (non-hydrogen) atoms. The van der Waals surface area contributed by atoms with Gasteiger partial charge in [-0.2, -0.15) is 0 Å². The van der Waals surface area contributed by atoms with E-state index in [0.29, 0.717) is 12.1 Å². The Morgan fingerprint density at radius 2 is 2.21 bits per heavy atom. The first-order valence-electron chi connectivity index (χ1n) is 5.70. The molecule has 1 rings (SSSR count). The summed E-state index contributed by atoms with van der Waals surface area (Å²) in [7, 11) is 0. The minimum atomic E-state index is -0.378. The second kappa shape index (κ2) is 4.60. The van der Waals surface area contributed by atoms with Crippen molar-refractivity contribution in [1.29, 1.82) is 0 Å².